The molecule has 338 valence electrons. The van der Waals surface area contributed by atoms with Crippen LogP contribution in [0.2, 0.25) is 0 Å². The summed E-state index contributed by atoms with van der Waals surface area (Å²) in [6, 6.07) is 106. The van der Waals surface area contributed by atoms with Crippen LogP contribution in [0.25, 0.3) is 105 Å². The largest absolute Gasteiger partial charge is 0.310 e. The van der Waals surface area contributed by atoms with Gasteiger partial charge in [0.2, 0.25) is 0 Å². The number of rotatable bonds is 10. The maximum Gasteiger partial charge on any atom is 0.0547 e. The Morgan fingerprint density at radius 3 is 1.28 bits per heavy atom. The smallest absolute Gasteiger partial charge is 0.0547 e. The quantitative estimate of drug-likeness (QED) is 0.133. The fourth-order valence-corrected chi connectivity index (χ4v) is 10.8. The van der Waals surface area contributed by atoms with Crippen molar-refractivity contribution in [2.24, 2.45) is 0 Å². The summed E-state index contributed by atoms with van der Waals surface area (Å²) in [5.41, 5.74) is 20.8. The first-order valence-corrected chi connectivity index (χ1v) is 24.7. The van der Waals surface area contributed by atoms with Crippen molar-refractivity contribution in [1.29, 1.82) is 0 Å². The van der Waals surface area contributed by atoms with E-state index in [1.165, 1.54) is 71.5 Å². The summed E-state index contributed by atoms with van der Waals surface area (Å²) in [6.45, 7) is 0. The topological polar surface area (TPSA) is 8.17 Å². The first-order valence-electron chi connectivity index (χ1n) is 24.7. The molecule has 1 heterocycles. The lowest BCUT2D eigenvalue weighted by atomic mass is 9.92. The molecular weight excluding hydrogens is 869 g/mol. The predicted molar refractivity (Wildman–Crippen MR) is 306 cm³/mol. The zero-order valence-corrected chi connectivity index (χ0v) is 39.6. The Hall–Kier alpha value is -9.50. The van der Waals surface area contributed by atoms with E-state index in [1.807, 2.05) is 0 Å². The zero-order chi connectivity index (χ0) is 47.8. The summed E-state index contributed by atoms with van der Waals surface area (Å²) < 4.78 is 2.47. The van der Waals surface area contributed by atoms with Crippen molar-refractivity contribution >= 4 is 49.6 Å². The molecule has 0 atom stereocenters. The number of nitrogens with zero attached hydrogens (tertiary/aromatic N) is 2. The Balaban J connectivity index is 0.997. The van der Waals surface area contributed by atoms with E-state index in [-0.39, 0.29) is 0 Å². The van der Waals surface area contributed by atoms with E-state index >= 15 is 0 Å². The summed E-state index contributed by atoms with van der Waals surface area (Å²) in [6.07, 6.45) is 0. The lowest BCUT2D eigenvalue weighted by Gasteiger charge is -2.28. The molecule has 0 aliphatic carbocycles. The molecule has 0 fully saturated rings. The van der Waals surface area contributed by atoms with Crippen LogP contribution in [0.1, 0.15) is 0 Å². The van der Waals surface area contributed by atoms with Crippen LogP contribution in [0.5, 0.6) is 0 Å². The van der Waals surface area contributed by atoms with Crippen molar-refractivity contribution in [3.05, 3.63) is 291 Å². The third-order valence-electron chi connectivity index (χ3n) is 14.2. The number of hydrogen-bond acceptors (Lipinski definition) is 1. The molecule has 0 aliphatic rings. The number of para-hydroxylation sites is 2. The standard InChI is InChI=1S/C70H48N2/c1-5-19-49(20-6-1)50-33-35-51(36-34-50)52-37-40-57(41-38-52)71(58-42-44-60(53-21-7-2-8-22-53)65(47-58)54-23-9-3-10-24-54)59-43-45-62(66(48-59)55-25-11-4-12-26-55)63-29-15-17-31-67(63)72-68-32-18-16-30-64(68)70-61-28-14-13-27-56(61)39-46-69(70)72/h1-48H. The van der Waals surface area contributed by atoms with E-state index < -0.39 is 0 Å². The van der Waals surface area contributed by atoms with Gasteiger partial charge in [-0.2, -0.15) is 0 Å². The minimum atomic E-state index is 1.06. The molecule has 0 amide bonds. The molecule has 2 heteroatoms. The molecule has 0 unspecified atom stereocenters. The monoisotopic (exact) mass is 916 g/mol. The van der Waals surface area contributed by atoms with Crippen molar-refractivity contribution in [3.63, 3.8) is 0 Å². The van der Waals surface area contributed by atoms with Gasteiger partial charge in [-0.1, -0.05) is 237 Å². The normalized spacial score (nSPS) is 11.3. The lowest BCUT2D eigenvalue weighted by molar-refractivity contribution is 1.18. The minimum Gasteiger partial charge on any atom is -0.310 e. The van der Waals surface area contributed by atoms with E-state index in [1.54, 1.807) is 0 Å². The summed E-state index contributed by atoms with van der Waals surface area (Å²) in [7, 11) is 0. The van der Waals surface area contributed by atoms with Crippen LogP contribution in [-0.2, 0) is 0 Å². The molecule has 13 aromatic rings. The molecule has 13 rings (SSSR count). The van der Waals surface area contributed by atoms with Crippen LogP contribution in [0.4, 0.5) is 17.1 Å². The maximum absolute atomic E-state index is 2.47. The average Bonchev–Trinajstić information content (AvgIpc) is 3.81. The van der Waals surface area contributed by atoms with Crippen molar-refractivity contribution in [1.82, 2.24) is 4.57 Å². The third-order valence-corrected chi connectivity index (χ3v) is 14.2. The summed E-state index contributed by atoms with van der Waals surface area (Å²) in [5, 5.41) is 5.02. The average molecular weight is 917 g/mol. The Morgan fingerprint density at radius 1 is 0.236 bits per heavy atom. The van der Waals surface area contributed by atoms with Gasteiger partial charge in [0.15, 0.2) is 0 Å². The number of aromatic nitrogens is 1. The number of anilines is 3. The number of benzene rings is 12. The molecule has 0 bridgehead atoms. The molecule has 2 nitrogen and oxygen atoms in total. The minimum absolute atomic E-state index is 1.06. The van der Waals surface area contributed by atoms with Crippen LogP contribution in [0.15, 0.2) is 291 Å². The SMILES string of the molecule is c1ccc(-c2ccc(-c3ccc(N(c4ccc(-c5ccccc5)c(-c5ccccc5)c4)c4ccc(-c5ccccc5-n5c6ccccc6c6c7ccccc7ccc65)c(-c5ccccc5)c4)cc3)cc2)cc1. The van der Waals surface area contributed by atoms with Crippen LogP contribution in [0.3, 0.4) is 0 Å². The molecule has 0 aliphatic heterocycles. The van der Waals surface area contributed by atoms with Gasteiger partial charge in [0.05, 0.1) is 16.7 Å². The highest BCUT2D eigenvalue weighted by Gasteiger charge is 2.22. The molecule has 0 saturated carbocycles. The summed E-state index contributed by atoms with van der Waals surface area (Å²) in [4.78, 5) is 2.42. The molecule has 0 saturated heterocycles. The van der Waals surface area contributed by atoms with E-state index in [0.717, 1.165) is 50.6 Å². The van der Waals surface area contributed by atoms with Crippen LogP contribution >= 0.6 is 0 Å². The predicted octanol–water partition coefficient (Wildman–Crippen LogP) is 19.4. The second-order valence-electron chi connectivity index (χ2n) is 18.4. The summed E-state index contributed by atoms with van der Waals surface area (Å²) >= 11 is 0. The molecular formula is C70H48N2. The first-order chi connectivity index (χ1) is 35.7. The van der Waals surface area contributed by atoms with Gasteiger partial charge in [-0.25, -0.2) is 0 Å². The van der Waals surface area contributed by atoms with Gasteiger partial charge in [-0.05, 0) is 127 Å². The van der Waals surface area contributed by atoms with Crippen molar-refractivity contribution in [2.45, 2.75) is 0 Å². The van der Waals surface area contributed by atoms with E-state index in [9.17, 15) is 0 Å². The van der Waals surface area contributed by atoms with Crippen molar-refractivity contribution in [3.8, 4) is 72.4 Å². The van der Waals surface area contributed by atoms with Gasteiger partial charge < -0.3 is 9.47 Å². The molecule has 0 spiro atoms. The van der Waals surface area contributed by atoms with Crippen LogP contribution in [0, 0.1) is 0 Å². The molecule has 12 aromatic carbocycles. The molecule has 1 aromatic heterocycles. The van der Waals surface area contributed by atoms with Crippen LogP contribution < -0.4 is 4.90 Å². The van der Waals surface area contributed by atoms with Gasteiger partial charge in [0.1, 0.15) is 0 Å². The maximum atomic E-state index is 2.47. The van der Waals surface area contributed by atoms with Gasteiger partial charge in [-0.3, -0.25) is 0 Å². The highest BCUT2D eigenvalue weighted by molar-refractivity contribution is 6.21. The number of fused-ring (bicyclic) bond motifs is 5. The van der Waals surface area contributed by atoms with E-state index in [0.29, 0.717) is 0 Å². The van der Waals surface area contributed by atoms with Gasteiger partial charge in [0.25, 0.3) is 0 Å². The Labute approximate surface area is 420 Å². The third kappa shape index (κ3) is 7.73. The molecule has 72 heavy (non-hydrogen) atoms. The fourth-order valence-electron chi connectivity index (χ4n) is 10.8. The second-order valence-corrected chi connectivity index (χ2v) is 18.4. The van der Waals surface area contributed by atoms with Crippen molar-refractivity contribution in [2.75, 3.05) is 4.90 Å². The number of hydrogen-bond donors (Lipinski definition) is 0. The Morgan fingerprint density at radius 2 is 0.667 bits per heavy atom. The highest BCUT2D eigenvalue weighted by atomic mass is 15.1. The van der Waals surface area contributed by atoms with Gasteiger partial charge in [-0.15, -0.1) is 0 Å². The first kappa shape index (κ1) is 42.6. The molecule has 0 N–H and O–H groups in total. The van der Waals surface area contributed by atoms with Crippen LogP contribution in [-0.4, -0.2) is 4.57 Å². The summed E-state index contributed by atoms with van der Waals surface area (Å²) in [5.74, 6) is 0. The zero-order valence-electron chi connectivity index (χ0n) is 39.6. The Bertz CT molecular complexity index is 4050. The Kier molecular flexibility index (Phi) is 10.9. The molecule has 0 radical (unpaired) electrons. The second kappa shape index (κ2) is 18.4. The lowest BCUT2D eigenvalue weighted by Crippen LogP contribution is -2.11. The van der Waals surface area contributed by atoms with Gasteiger partial charge >= 0.3 is 0 Å². The van der Waals surface area contributed by atoms with E-state index in [4.69, 9.17) is 0 Å². The van der Waals surface area contributed by atoms with Crippen molar-refractivity contribution < 1.29 is 0 Å². The fraction of sp³-hybridized carbons (Fsp3) is 0. The van der Waals surface area contributed by atoms with E-state index in [2.05, 4.69) is 301 Å². The van der Waals surface area contributed by atoms with Gasteiger partial charge in [0, 0.05) is 33.4 Å². The highest BCUT2D eigenvalue weighted by Crippen LogP contribution is 2.46.